The maximum atomic E-state index is 13.6. The van der Waals surface area contributed by atoms with Gasteiger partial charge in [0.1, 0.15) is 16.7 Å². The van der Waals surface area contributed by atoms with Gasteiger partial charge in [-0.2, -0.15) is 10.1 Å². The van der Waals surface area contributed by atoms with Crippen LogP contribution in [-0.4, -0.2) is 49.8 Å². The number of allylic oxidation sites excluding steroid dienone is 1. The number of nitrogens with zero attached hydrogens (tertiary/aromatic N) is 6. The summed E-state index contributed by atoms with van der Waals surface area (Å²) < 4.78 is 15.8. The molecule has 0 amide bonds. The molecule has 1 fully saturated rings. The number of aromatic nitrogens is 5. The normalized spacial score (nSPS) is 21.5. The summed E-state index contributed by atoms with van der Waals surface area (Å²) in [5, 5.41) is 4.25. The molecule has 2 N–H and O–H groups in total. The van der Waals surface area contributed by atoms with Crippen molar-refractivity contribution < 1.29 is 9.15 Å². The highest BCUT2D eigenvalue weighted by Crippen LogP contribution is 2.37. The second-order valence-electron chi connectivity index (χ2n) is 8.95. The predicted octanol–water partition coefficient (Wildman–Crippen LogP) is 3.46. The highest BCUT2D eigenvalue weighted by Gasteiger charge is 2.32. The van der Waals surface area contributed by atoms with Crippen molar-refractivity contribution in [1.29, 1.82) is 0 Å². The van der Waals surface area contributed by atoms with E-state index in [9.17, 15) is 4.79 Å². The van der Waals surface area contributed by atoms with Gasteiger partial charge in [0.25, 0.3) is 0 Å². The Bertz CT molecular complexity index is 1510. The predicted molar refractivity (Wildman–Crippen MR) is 135 cm³/mol. The van der Waals surface area contributed by atoms with E-state index in [-0.39, 0.29) is 23.9 Å². The molecule has 0 saturated carbocycles. The van der Waals surface area contributed by atoms with Crippen LogP contribution < -0.4 is 11.4 Å². The largest absolute Gasteiger partial charge is 0.450 e. The molecular formula is C25H29N7O3. The lowest BCUT2D eigenvalue weighted by molar-refractivity contribution is -0.0594. The molecule has 1 aliphatic heterocycles. The minimum absolute atomic E-state index is 0.0212. The Morgan fingerprint density at radius 2 is 2.14 bits per heavy atom. The fourth-order valence-electron chi connectivity index (χ4n) is 4.91. The second-order valence-corrected chi connectivity index (χ2v) is 8.95. The molecule has 182 valence electrons. The smallest absolute Gasteiger partial charge is 0.349 e. The Labute approximate surface area is 202 Å². The number of fused-ring (bicyclic) bond motifs is 3. The molecule has 10 heteroatoms. The fraction of sp³-hybridized carbons (Fsp3) is 0.400. The van der Waals surface area contributed by atoms with E-state index in [0.717, 1.165) is 6.42 Å². The van der Waals surface area contributed by atoms with Gasteiger partial charge in [-0.25, -0.2) is 9.78 Å². The van der Waals surface area contributed by atoms with Gasteiger partial charge < -0.3 is 14.9 Å². The zero-order valence-corrected chi connectivity index (χ0v) is 20.3. The number of ether oxygens (including phenoxy) is 1. The number of furan rings is 1. The van der Waals surface area contributed by atoms with Gasteiger partial charge in [0.05, 0.1) is 24.1 Å². The molecule has 0 aromatic carbocycles. The van der Waals surface area contributed by atoms with Crippen molar-refractivity contribution in [3.8, 4) is 11.3 Å². The molecule has 5 rings (SSSR count). The molecule has 0 bridgehead atoms. The lowest BCUT2D eigenvalue weighted by Gasteiger charge is -2.34. The third-order valence-corrected chi connectivity index (χ3v) is 6.49. The van der Waals surface area contributed by atoms with Gasteiger partial charge >= 0.3 is 5.69 Å². The first kappa shape index (κ1) is 23.0. The molecule has 3 atom stereocenters. The summed E-state index contributed by atoms with van der Waals surface area (Å²) in [7, 11) is 3.49. The molecule has 1 aliphatic rings. The van der Waals surface area contributed by atoms with Crippen LogP contribution in [0.15, 0.2) is 44.9 Å². The van der Waals surface area contributed by atoms with Crippen LogP contribution in [0.5, 0.6) is 0 Å². The third kappa shape index (κ3) is 4.03. The Morgan fingerprint density at radius 3 is 2.83 bits per heavy atom. The highest BCUT2D eigenvalue weighted by molar-refractivity contribution is 6.10. The number of pyridine rings is 1. The van der Waals surface area contributed by atoms with Crippen molar-refractivity contribution >= 4 is 34.0 Å². The average molecular weight is 476 g/mol. The lowest BCUT2D eigenvalue weighted by Crippen LogP contribution is -2.37. The number of nitrogens with two attached hydrogens (primary N) is 1. The second kappa shape index (κ2) is 9.10. The number of aryl methyl sites for hydroxylation is 1. The van der Waals surface area contributed by atoms with Gasteiger partial charge in [0, 0.05) is 49.9 Å². The first-order valence-electron chi connectivity index (χ1n) is 11.8. The van der Waals surface area contributed by atoms with E-state index < -0.39 is 0 Å². The summed E-state index contributed by atoms with van der Waals surface area (Å²) in [6, 6.07) is 3.57. The first-order chi connectivity index (χ1) is 16.9. The Hall–Kier alpha value is -3.79. The third-order valence-electron chi connectivity index (χ3n) is 6.49. The summed E-state index contributed by atoms with van der Waals surface area (Å²) in [6.45, 7) is 4.14. The monoisotopic (exact) mass is 475 g/mol. The number of aliphatic imine (C=N–C) groups is 1. The summed E-state index contributed by atoms with van der Waals surface area (Å²) in [5.74, 6) is 0. The quantitative estimate of drug-likeness (QED) is 0.438. The van der Waals surface area contributed by atoms with Gasteiger partial charge in [-0.3, -0.25) is 14.2 Å². The van der Waals surface area contributed by atoms with E-state index in [4.69, 9.17) is 19.9 Å². The van der Waals surface area contributed by atoms with Crippen LogP contribution in [0.3, 0.4) is 0 Å². The van der Waals surface area contributed by atoms with Crippen LogP contribution in [0.25, 0.3) is 39.0 Å². The zero-order valence-electron chi connectivity index (χ0n) is 20.3. The van der Waals surface area contributed by atoms with Gasteiger partial charge in [-0.15, -0.1) is 0 Å². The van der Waals surface area contributed by atoms with Crippen LogP contribution in [-0.2, 0) is 11.8 Å². The van der Waals surface area contributed by atoms with Gasteiger partial charge in [-0.05, 0) is 38.3 Å². The van der Waals surface area contributed by atoms with Crippen molar-refractivity contribution in [3.05, 3.63) is 46.9 Å². The van der Waals surface area contributed by atoms with Gasteiger partial charge in [-0.1, -0.05) is 6.92 Å². The fourth-order valence-corrected chi connectivity index (χ4v) is 4.91. The number of hydrogen-bond donors (Lipinski definition) is 1. The SMILES string of the molecule is CCC1CC(n2c(=O)nc(-c3cnn(C)c3)c3oc4ccc(C(C=NC)=CN)nc4c32)CC(C)O1. The number of hydrogen-bond acceptors (Lipinski definition) is 8. The lowest BCUT2D eigenvalue weighted by atomic mass is 9.97. The summed E-state index contributed by atoms with van der Waals surface area (Å²) >= 11 is 0. The Kier molecular flexibility index (Phi) is 5.98. The molecule has 4 aromatic rings. The molecule has 3 unspecified atom stereocenters. The van der Waals surface area contributed by atoms with Crippen molar-refractivity contribution in [2.75, 3.05) is 7.05 Å². The molecule has 0 aliphatic carbocycles. The molecule has 1 saturated heterocycles. The molecule has 4 aromatic heterocycles. The van der Waals surface area contributed by atoms with E-state index in [1.807, 2.05) is 32.3 Å². The van der Waals surface area contributed by atoms with Crippen molar-refractivity contribution in [2.24, 2.45) is 17.8 Å². The van der Waals surface area contributed by atoms with Crippen LogP contribution in [0.1, 0.15) is 44.8 Å². The first-order valence-corrected chi connectivity index (χ1v) is 11.8. The van der Waals surface area contributed by atoms with Crippen molar-refractivity contribution in [1.82, 2.24) is 24.3 Å². The van der Waals surface area contributed by atoms with Crippen LogP contribution in [0.4, 0.5) is 0 Å². The minimum atomic E-state index is -0.343. The van der Waals surface area contributed by atoms with E-state index in [1.54, 1.807) is 28.7 Å². The average Bonchev–Trinajstić information content (AvgIpc) is 3.45. The van der Waals surface area contributed by atoms with Crippen LogP contribution >= 0.6 is 0 Å². The molecule has 10 nitrogen and oxygen atoms in total. The van der Waals surface area contributed by atoms with Gasteiger partial charge in [0.2, 0.25) is 0 Å². The van der Waals surface area contributed by atoms with E-state index >= 15 is 0 Å². The van der Waals surface area contributed by atoms with Crippen molar-refractivity contribution in [3.63, 3.8) is 0 Å². The van der Waals surface area contributed by atoms with E-state index in [1.165, 1.54) is 6.20 Å². The maximum Gasteiger partial charge on any atom is 0.349 e. The molecular weight excluding hydrogens is 446 g/mol. The molecule has 35 heavy (non-hydrogen) atoms. The number of rotatable bonds is 5. The Balaban J connectivity index is 1.83. The van der Waals surface area contributed by atoms with Crippen LogP contribution in [0.2, 0.25) is 0 Å². The van der Waals surface area contributed by atoms with E-state index in [2.05, 4.69) is 22.0 Å². The zero-order chi connectivity index (χ0) is 24.7. The molecule has 0 radical (unpaired) electrons. The summed E-state index contributed by atoms with van der Waals surface area (Å²) in [4.78, 5) is 27.0. The van der Waals surface area contributed by atoms with Gasteiger partial charge in [0.15, 0.2) is 11.2 Å². The van der Waals surface area contributed by atoms with E-state index in [0.29, 0.717) is 57.6 Å². The standard InChI is InChI=1S/C25H29N7O3/c1-5-18-9-17(8-14(2)34-18)32-23-22-20(7-6-19(29-22)15(10-26)11-27-3)35-24(23)21(30-25(32)33)16-12-28-31(4)13-16/h6-7,10-14,17-18H,5,8-9,26H2,1-4H3. The van der Waals surface area contributed by atoms with Crippen LogP contribution in [0, 0.1) is 0 Å². The Morgan fingerprint density at radius 1 is 1.31 bits per heavy atom. The summed E-state index contributed by atoms with van der Waals surface area (Å²) in [5.41, 5.74) is 10.2. The highest BCUT2D eigenvalue weighted by atomic mass is 16.5. The molecule has 5 heterocycles. The topological polar surface area (TPSA) is 126 Å². The molecule has 0 spiro atoms. The summed E-state index contributed by atoms with van der Waals surface area (Å²) in [6.07, 6.45) is 8.97. The maximum absolute atomic E-state index is 13.6. The van der Waals surface area contributed by atoms with Crippen molar-refractivity contribution in [2.45, 2.75) is 51.4 Å². The minimum Gasteiger partial charge on any atom is -0.450 e.